The van der Waals surface area contributed by atoms with Crippen molar-refractivity contribution in [2.24, 2.45) is 17.8 Å². The van der Waals surface area contributed by atoms with Gasteiger partial charge in [0.05, 0.1) is 11.8 Å². The van der Waals surface area contributed by atoms with Gasteiger partial charge in [0, 0.05) is 17.0 Å². The summed E-state index contributed by atoms with van der Waals surface area (Å²) in [6.07, 6.45) is 0.392. The zero-order valence-electron chi connectivity index (χ0n) is 15.6. The minimum absolute atomic E-state index is 0.0196. The number of phenols is 4. The predicted molar refractivity (Wildman–Crippen MR) is 101 cm³/mol. The van der Waals surface area contributed by atoms with Gasteiger partial charge in [0.25, 0.3) is 0 Å². The average Bonchev–Trinajstić information content (AvgIpc) is 2.72. The van der Waals surface area contributed by atoms with Gasteiger partial charge in [0.1, 0.15) is 0 Å². The first-order chi connectivity index (χ1) is 14.2. The highest BCUT2D eigenvalue weighted by Gasteiger charge is 2.44. The molecule has 2 atom stereocenters. The molecule has 4 rings (SSSR count). The number of ether oxygens (including phenoxy) is 1. The Kier molecular flexibility index (Phi) is 4.60. The van der Waals surface area contributed by atoms with E-state index >= 15 is 0 Å². The molecule has 1 aliphatic heterocycles. The van der Waals surface area contributed by atoms with Gasteiger partial charge in [-0.25, -0.2) is 0 Å². The van der Waals surface area contributed by atoms with Crippen LogP contribution in [0.4, 0.5) is 0 Å². The Morgan fingerprint density at radius 1 is 0.733 bits per heavy atom. The fourth-order valence-corrected chi connectivity index (χ4v) is 4.67. The first kappa shape index (κ1) is 19.7. The van der Waals surface area contributed by atoms with Crippen molar-refractivity contribution in [1.82, 2.24) is 0 Å². The molecule has 0 saturated heterocycles. The van der Waals surface area contributed by atoms with E-state index in [1.54, 1.807) is 0 Å². The van der Waals surface area contributed by atoms with E-state index < -0.39 is 58.6 Å². The summed E-state index contributed by atoms with van der Waals surface area (Å²) in [5.41, 5.74) is 0.867. The van der Waals surface area contributed by atoms with Gasteiger partial charge in [0.15, 0.2) is 23.0 Å². The third-order valence-corrected chi connectivity index (χ3v) is 6.07. The smallest absolute Gasteiger partial charge is 0.306 e. The van der Waals surface area contributed by atoms with Crippen molar-refractivity contribution in [3.8, 4) is 34.5 Å². The van der Waals surface area contributed by atoms with E-state index in [4.69, 9.17) is 4.74 Å². The lowest BCUT2D eigenvalue weighted by atomic mass is 9.66. The number of carboxylic acid groups (broad SMARTS) is 2. The number of benzene rings is 2. The molecular weight excluding hydrogens is 396 g/mol. The Morgan fingerprint density at radius 3 is 1.57 bits per heavy atom. The van der Waals surface area contributed by atoms with Crippen LogP contribution < -0.4 is 4.74 Å². The SMILES string of the molecule is O=C(O)C1CC(C(=O)O)CC(C2c3ccc(O)c(O)c3Oc3c2ccc(O)c3O)C1. The second kappa shape index (κ2) is 7.01. The van der Waals surface area contributed by atoms with Crippen LogP contribution in [0, 0.1) is 17.8 Å². The first-order valence-corrected chi connectivity index (χ1v) is 9.42. The quantitative estimate of drug-likeness (QED) is 0.413. The molecule has 0 aromatic heterocycles. The van der Waals surface area contributed by atoms with Gasteiger partial charge in [-0.15, -0.1) is 0 Å². The summed E-state index contributed by atoms with van der Waals surface area (Å²) < 4.78 is 5.62. The maximum atomic E-state index is 11.7. The van der Waals surface area contributed by atoms with Crippen LogP contribution in [0.25, 0.3) is 0 Å². The molecule has 2 aromatic rings. The molecular formula is C21H20O9. The Morgan fingerprint density at radius 2 is 1.17 bits per heavy atom. The number of aromatic hydroxyl groups is 4. The maximum Gasteiger partial charge on any atom is 0.306 e. The highest BCUT2D eigenvalue weighted by atomic mass is 16.5. The van der Waals surface area contributed by atoms with E-state index in [-0.39, 0.29) is 30.8 Å². The summed E-state index contributed by atoms with van der Waals surface area (Å²) in [6, 6.07) is 5.56. The molecule has 0 bridgehead atoms. The van der Waals surface area contributed by atoms with Crippen molar-refractivity contribution in [3.63, 3.8) is 0 Å². The van der Waals surface area contributed by atoms with E-state index in [9.17, 15) is 40.2 Å². The van der Waals surface area contributed by atoms with Gasteiger partial charge in [-0.2, -0.15) is 0 Å². The molecule has 1 saturated carbocycles. The molecule has 6 N–H and O–H groups in total. The summed E-state index contributed by atoms with van der Waals surface area (Å²) in [4.78, 5) is 23.4. The van der Waals surface area contributed by atoms with Gasteiger partial charge >= 0.3 is 11.9 Å². The van der Waals surface area contributed by atoms with Crippen LogP contribution in [-0.2, 0) is 9.59 Å². The van der Waals surface area contributed by atoms with Crippen molar-refractivity contribution in [1.29, 1.82) is 0 Å². The number of aliphatic carboxylic acids is 2. The van der Waals surface area contributed by atoms with E-state index in [2.05, 4.69) is 0 Å². The molecule has 2 aromatic carbocycles. The maximum absolute atomic E-state index is 11.7. The number of hydrogen-bond donors (Lipinski definition) is 6. The lowest BCUT2D eigenvalue weighted by Crippen LogP contribution is -2.35. The number of fused-ring (bicyclic) bond motifs is 2. The molecule has 158 valence electrons. The van der Waals surface area contributed by atoms with Gasteiger partial charge < -0.3 is 35.4 Å². The number of hydrogen-bond acceptors (Lipinski definition) is 7. The zero-order chi connectivity index (χ0) is 21.7. The Hall–Kier alpha value is -3.62. The van der Waals surface area contributed by atoms with Crippen LogP contribution in [-0.4, -0.2) is 42.6 Å². The molecule has 0 radical (unpaired) electrons. The lowest BCUT2D eigenvalue weighted by Gasteiger charge is -2.39. The topological polar surface area (TPSA) is 165 Å². The predicted octanol–water partition coefficient (Wildman–Crippen LogP) is 2.95. The van der Waals surface area contributed by atoms with Crippen LogP contribution in [0.1, 0.15) is 36.3 Å². The molecule has 0 spiro atoms. The van der Waals surface area contributed by atoms with Crippen LogP contribution in [0.15, 0.2) is 24.3 Å². The minimum atomic E-state index is -1.08. The lowest BCUT2D eigenvalue weighted by molar-refractivity contribution is -0.149. The standard InChI is InChI=1S/C21H20O9/c22-13-3-1-11-15(8-5-9(20(26)27)7-10(6-8)21(28)29)12-2-4-14(23)17(25)19(12)30-18(11)16(13)24/h1-4,8-10,15,22-25H,5-7H2,(H,26,27)(H,28,29). The molecule has 30 heavy (non-hydrogen) atoms. The van der Waals surface area contributed by atoms with Crippen LogP contribution in [0.2, 0.25) is 0 Å². The molecule has 1 heterocycles. The molecule has 1 fully saturated rings. The number of rotatable bonds is 3. The zero-order valence-corrected chi connectivity index (χ0v) is 15.6. The largest absolute Gasteiger partial charge is 0.504 e. The highest BCUT2D eigenvalue weighted by Crippen LogP contribution is 2.58. The highest BCUT2D eigenvalue weighted by molar-refractivity contribution is 5.75. The second-order valence-electron chi connectivity index (χ2n) is 7.82. The summed E-state index contributed by atoms with van der Waals surface area (Å²) in [5, 5.41) is 59.5. The fourth-order valence-electron chi connectivity index (χ4n) is 4.67. The van der Waals surface area contributed by atoms with Crippen molar-refractivity contribution in [2.75, 3.05) is 0 Å². The number of carboxylic acids is 2. The van der Waals surface area contributed by atoms with Crippen LogP contribution >= 0.6 is 0 Å². The summed E-state index contributed by atoms with van der Waals surface area (Å²) in [7, 11) is 0. The van der Waals surface area contributed by atoms with Gasteiger partial charge in [-0.1, -0.05) is 12.1 Å². The fraction of sp³-hybridized carbons (Fsp3) is 0.333. The summed E-state index contributed by atoms with van der Waals surface area (Å²) in [5.74, 6) is -7.26. The molecule has 1 aliphatic carbocycles. The summed E-state index contributed by atoms with van der Waals surface area (Å²) in [6.45, 7) is 0. The summed E-state index contributed by atoms with van der Waals surface area (Å²) >= 11 is 0. The van der Waals surface area contributed by atoms with Gasteiger partial charge in [-0.05, 0) is 37.3 Å². The molecule has 2 aliphatic rings. The minimum Gasteiger partial charge on any atom is -0.504 e. The van der Waals surface area contributed by atoms with E-state index in [1.165, 1.54) is 24.3 Å². The number of phenolic OH excluding ortho intramolecular Hbond substituents is 4. The second-order valence-corrected chi connectivity index (χ2v) is 7.82. The molecule has 2 unspecified atom stereocenters. The third kappa shape index (κ3) is 3.02. The van der Waals surface area contributed by atoms with Crippen molar-refractivity contribution < 1.29 is 45.0 Å². The van der Waals surface area contributed by atoms with E-state index in [1.807, 2.05) is 0 Å². The van der Waals surface area contributed by atoms with Crippen LogP contribution in [0.5, 0.6) is 34.5 Å². The van der Waals surface area contributed by atoms with E-state index in [0.29, 0.717) is 11.1 Å². The van der Waals surface area contributed by atoms with Crippen molar-refractivity contribution in [2.45, 2.75) is 25.2 Å². The monoisotopic (exact) mass is 416 g/mol. The molecule has 0 amide bonds. The van der Waals surface area contributed by atoms with E-state index in [0.717, 1.165) is 0 Å². The Bertz CT molecular complexity index is 966. The Labute approximate surface area is 170 Å². The van der Waals surface area contributed by atoms with Crippen molar-refractivity contribution >= 4 is 11.9 Å². The normalized spacial score (nSPS) is 23.1. The van der Waals surface area contributed by atoms with Gasteiger partial charge in [-0.3, -0.25) is 9.59 Å². The molecule has 9 heteroatoms. The average molecular weight is 416 g/mol. The van der Waals surface area contributed by atoms with Gasteiger partial charge in [0.2, 0.25) is 11.5 Å². The van der Waals surface area contributed by atoms with Crippen LogP contribution in [0.3, 0.4) is 0 Å². The Balaban J connectivity index is 1.89. The third-order valence-electron chi connectivity index (χ3n) is 6.07. The molecule has 9 nitrogen and oxygen atoms in total. The first-order valence-electron chi connectivity index (χ1n) is 9.42. The van der Waals surface area contributed by atoms with Crippen molar-refractivity contribution in [3.05, 3.63) is 35.4 Å². The number of carbonyl (C=O) groups is 2.